The maximum Gasteiger partial charge on any atom is 0.307 e. The molecule has 0 spiro atoms. The molecule has 3 rings (SSSR count). The lowest BCUT2D eigenvalue weighted by Crippen LogP contribution is -2.18. The molecule has 0 saturated heterocycles. The molecular formula is C18H14BrN3O4. The number of carbonyl (C=O) groups excluding carboxylic acids is 2. The zero-order valence-corrected chi connectivity index (χ0v) is 15.2. The topological polar surface area (TPSA) is 96.8 Å². The van der Waals surface area contributed by atoms with E-state index >= 15 is 0 Å². The van der Waals surface area contributed by atoms with Gasteiger partial charge in [0, 0.05) is 5.69 Å². The van der Waals surface area contributed by atoms with Crippen LogP contribution in [0.2, 0.25) is 0 Å². The lowest BCUT2D eigenvalue weighted by molar-refractivity contribution is 0.0926. The van der Waals surface area contributed by atoms with Crippen molar-refractivity contribution in [1.29, 1.82) is 0 Å². The summed E-state index contributed by atoms with van der Waals surface area (Å²) in [6.45, 7) is 1.76. The van der Waals surface area contributed by atoms with E-state index in [0.29, 0.717) is 16.1 Å². The molecule has 0 fully saturated rings. The van der Waals surface area contributed by atoms with Crippen LogP contribution in [-0.2, 0) is 0 Å². The standard InChI is InChI=1S/C18H14BrN3O4/c1-11(21-22-18(24)14-3-2-10-25-14)12-4-6-13(7-5-12)20-17(23)15-8-9-16(19)26-15/h2-10H,1H3,(H,20,23)(H,22,24)/b21-11-. The second kappa shape index (κ2) is 7.83. The van der Waals surface area contributed by atoms with Crippen molar-refractivity contribution in [2.45, 2.75) is 6.92 Å². The number of benzene rings is 1. The van der Waals surface area contributed by atoms with Crippen LogP contribution in [0.3, 0.4) is 0 Å². The van der Waals surface area contributed by atoms with Crippen LogP contribution in [0.1, 0.15) is 33.6 Å². The fourth-order valence-electron chi connectivity index (χ4n) is 2.09. The van der Waals surface area contributed by atoms with Gasteiger partial charge in [0.2, 0.25) is 0 Å². The second-order valence-corrected chi connectivity index (χ2v) is 6.03. The molecule has 8 heteroatoms. The van der Waals surface area contributed by atoms with E-state index in [0.717, 1.165) is 5.56 Å². The van der Waals surface area contributed by atoms with Crippen molar-refractivity contribution in [1.82, 2.24) is 5.43 Å². The summed E-state index contributed by atoms with van der Waals surface area (Å²) in [6.07, 6.45) is 1.42. The van der Waals surface area contributed by atoms with Crippen LogP contribution in [0.15, 0.2) is 73.4 Å². The Bertz CT molecular complexity index is 943. The van der Waals surface area contributed by atoms with Gasteiger partial charge in [0.15, 0.2) is 16.2 Å². The number of nitrogens with zero attached hydrogens (tertiary/aromatic N) is 1. The molecule has 132 valence electrons. The quantitative estimate of drug-likeness (QED) is 0.485. The number of rotatable bonds is 5. The van der Waals surface area contributed by atoms with E-state index in [-0.39, 0.29) is 17.4 Å². The van der Waals surface area contributed by atoms with E-state index in [2.05, 4.69) is 31.8 Å². The third kappa shape index (κ3) is 4.28. The number of amides is 2. The molecule has 2 N–H and O–H groups in total. The minimum atomic E-state index is -0.428. The van der Waals surface area contributed by atoms with E-state index in [9.17, 15) is 9.59 Å². The highest BCUT2D eigenvalue weighted by Gasteiger charge is 2.11. The first-order valence-electron chi connectivity index (χ1n) is 7.58. The van der Waals surface area contributed by atoms with E-state index in [4.69, 9.17) is 8.83 Å². The first-order chi connectivity index (χ1) is 12.5. The highest BCUT2D eigenvalue weighted by atomic mass is 79.9. The average Bonchev–Trinajstić information content (AvgIpc) is 3.31. The molecule has 2 amide bonds. The Morgan fingerprint density at radius 1 is 1.00 bits per heavy atom. The summed E-state index contributed by atoms with van der Waals surface area (Å²) >= 11 is 3.15. The predicted molar refractivity (Wildman–Crippen MR) is 99.2 cm³/mol. The number of anilines is 1. The van der Waals surface area contributed by atoms with Crippen molar-refractivity contribution >= 4 is 39.1 Å². The van der Waals surface area contributed by atoms with Gasteiger partial charge < -0.3 is 14.2 Å². The fraction of sp³-hybridized carbons (Fsp3) is 0.0556. The molecule has 0 bridgehead atoms. The van der Waals surface area contributed by atoms with Gasteiger partial charge >= 0.3 is 5.91 Å². The van der Waals surface area contributed by atoms with Crippen molar-refractivity contribution in [3.63, 3.8) is 0 Å². The Morgan fingerprint density at radius 2 is 1.77 bits per heavy atom. The van der Waals surface area contributed by atoms with Crippen LogP contribution in [-0.4, -0.2) is 17.5 Å². The van der Waals surface area contributed by atoms with Gasteiger partial charge in [-0.1, -0.05) is 12.1 Å². The normalized spacial score (nSPS) is 11.2. The summed E-state index contributed by atoms with van der Waals surface area (Å²) in [4.78, 5) is 23.8. The monoisotopic (exact) mass is 415 g/mol. The molecule has 0 aliphatic carbocycles. The van der Waals surface area contributed by atoms with Gasteiger partial charge in [-0.2, -0.15) is 5.10 Å². The van der Waals surface area contributed by atoms with E-state index in [1.165, 1.54) is 6.26 Å². The number of halogens is 1. The number of carbonyl (C=O) groups is 2. The molecule has 0 aliphatic heterocycles. The number of hydrazone groups is 1. The minimum Gasteiger partial charge on any atom is -0.459 e. The molecule has 0 atom stereocenters. The smallest absolute Gasteiger partial charge is 0.307 e. The number of nitrogens with one attached hydrogen (secondary N) is 2. The van der Waals surface area contributed by atoms with Crippen molar-refractivity contribution in [3.8, 4) is 0 Å². The van der Waals surface area contributed by atoms with Gasteiger partial charge in [0.05, 0.1) is 12.0 Å². The SMILES string of the molecule is C/C(=N/NC(=O)c1ccco1)c1ccc(NC(=O)c2ccc(Br)o2)cc1. The second-order valence-electron chi connectivity index (χ2n) is 5.25. The highest BCUT2D eigenvalue weighted by Crippen LogP contribution is 2.16. The Morgan fingerprint density at radius 3 is 2.38 bits per heavy atom. The van der Waals surface area contributed by atoms with E-state index in [1.807, 2.05) is 0 Å². The van der Waals surface area contributed by atoms with Gasteiger partial charge in [-0.25, -0.2) is 5.43 Å². The Labute approximate surface area is 157 Å². The summed E-state index contributed by atoms with van der Waals surface area (Å²) in [5.74, 6) is -0.383. The lowest BCUT2D eigenvalue weighted by Gasteiger charge is -2.05. The molecule has 0 radical (unpaired) electrons. The Balaban J connectivity index is 1.62. The number of hydrogen-bond donors (Lipinski definition) is 2. The van der Waals surface area contributed by atoms with Crippen LogP contribution in [0, 0.1) is 0 Å². The Hall–Kier alpha value is -3.13. The largest absolute Gasteiger partial charge is 0.459 e. The highest BCUT2D eigenvalue weighted by molar-refractivity contribution is 9.10. The summed E-state index contributed by atoms with van der Waals surface area (Å²) in [7, 11) is 0. The maximum absolute atomic E-state index is 12.0. The van der Waals surface area contributed by atoms with Gasteiger partial charge in [0.25, 0.3) is 5.91 Å². The molecule has 0 aliphatic rings. The van der Waals surface area contributed by atoms with Crippen molar-refractivity contribution in [2.75, 3.05) is 5.32 Å². The summed E-state index contributed by atoms with van der Waals surface area (Å²) in [5, 5.41) is 6.77. The zero-order chi connectivity index (χ0) is 18.5. The van der Waals surface area contributed by atoms with Crippen LogP contribution >= 0.6 is 15.9 Å². The molecule has 2 heterocycles. The number of hydrogen-bond acceptors (Lipinski definition) is 5. The van der Waals surface area contributed by atoms with Crippen molar-refractivity contribution in [2.24, 2.45) is 5.10 Å². The summed E-state index contributed by atoms with van der Waals surface area (Å²) in [5.41, 5.74) is 4.44. The van der Waals surface area contributed by atoms with E-state index in [1.54, 1.807) is 55.5 Å². The Kier molecular flexibility index (Phi) is 5.33. The van der Waals surface area contributed by atoms with Crippen molar-refractivity contribution in [3.05, 3.63) is 76.5 Å². The van der Waals surface area contributed by atoms with Crippen LogP contribution in [0.4, 0.5) is 5.69 Å². The third-order valence-corrected chi connectivity index (χ3v) is 3.85. The molecule has 2 aromatic heterocycles. The van der Waals surface area contributed by atoms with Crippen LogP contribution < -0.4 is 10.7 Å². The average molecular weight is 416 g/mol. The first kappa shape index (κ1) is 17.7. The molecule has 1 aromatic carbocycles. The van der Waals surface area contributed by atoms with Crippen molar-refractivity contribution < 1.29 is 18.4 Å². The third-order valence-electron chi connectivity index (χ3n) is 3.43. The van der Waals surface area contributed by atoms with Gasteiger partial charge in [-0.15, -0.1) is 0 Å². The molecule has 0 saturated carbocycles. The fourth-order valence-corrected chi connectivity index (χ4v) is 2.39. The maximum atomic E-state index is 12.0. The van der Waals surface area contributed by atoms with Crippen LogP contribution in [0.25, 0.3) is 0 Å². The van der Waals surface area contributed by atoms with E-state index < -0.39 is 5.91 Å². The summed E-state index contributed by atoms with van der Waals surface area (Å²) in [6, 6.07) is 13.4. The minimum absolute atomic E-state index is 0.184. The predicted octanol–water partition coefficient (Wildman–Crippen LogP) is 4.04. The zero-order valence-electron chi connectivity index (χ0n) is 13.7. The van der Waals surface area contributed by atoms with Crippen LogP contribution in [0.5, 0.6) is 0 Å². The van der Waals surface area contributed by atoms with Gasteiger partial charge in [-0.05, 0) is 64.8 Å². The summed E-state index contributed by atoms with van der Waals surface area (Å²) < 4.78 is 10.7. The molecule has 3 aromatic rings. The molecule has 7 nitrogen and oxygen atoms in total. The molecular weight excluding hydrogens is 402 g/mol. The molecule has 0 unspecified atom stereocenters. The lowest BCUT2D eigenvalue weighted by atomic mass is 10.1. The first-order valence-corrected chi connectivity index (χ1v) is 8.37. The molecule has 26 heavy (non-hydrogen) atoms. The van der Waals surface area contributed by atoms with Gasteiger partial charge in [0.1, 0.15) is 0 Å². The van der Waals surface area contributed by atoms with Gasteiger partial charge in [-0.3, -0.25) is 9.59 Å². The number of furan rings is 2.